The van der Waals surface area contributed by atoms with Crippen molar-refractivity contribution in [2.45, 2.75) is 0 Å². The quantitative estimate of drug-likeness (QED) is 0.256. The van der Waals surface area contributed by atoms with Gasteiger partial charge in [-0.1, -0.05) is 78.9 Å². The van der Waals surface area contributed by atoms with Crippen LogP contribution >= 0.6 is 0 Å². The molecule has 0 fully saturated rings. The fourth-order valence-corrected chi connectivity index (χ4v) is 5.51. The van der Waals surface area contributed by atoms with Crippen molar-refractivity contribution in [3.8, 4) is 44.9 Å². The minimum Gasteiger partial charge on any atom is -0.456 e. The molecule has 2 heteroatoms. The van der Waals surface area contributed by atoms with Gasteiger partial charge in [-0.25, -0.2) is 0 Å². The second kappa shape index (κ2) is 7.34. The van der Waals surface area contributed by atoms with E-state index in [-0.39, 0.29) is 0 Å². The highest BCUT2D eigenvalue weighted by molar-refractivity contribution is 6.07. The first-order valence-corrected chi connectivity index (χ1v) is 12.2. The fraction of sp³-hybridized carbons (Fsp3) is 0. The van der Waals surface area contributed by atoms with Crippen LogP contribution in [-0.2, 0) is 0 Å². The number of furan rings is 1. The van der Waals surface area contributed by atoms with E-state index in [0.717, 1.165) is 44.6 Å². The summed E-state index contributed by atoms with van der Waals surface area (Å²) in [5, 5.41) is 4.68. The monoisotopic (exact) mass is 460 g/mol. The van der Waals surface area contributed by atoms with E-state index in [0.29, 0.717) is 0 Å². The minimum absolute atomic E-state index is 0.908. The van der Waals surface area contributed by atoms with E-state index in [9.17, 15) is 0 Å². The summed E-state index contributed by atoms with van der Waals surface area (Å²) in [6.45, 7) is 0. The van der Waals surface area contributed by atoms with Crippen LogP contribution in [0.25, 0.3) is 66.1 Å². The summed E-state index contributed by atoms with van der Waals surface area (Å²) in [5.74, 6) is 1.83. The second-order valence-corrected chi connectivity index (χ2v) is 9.36. The maximum Gasteiger partial charge on any atom is 0.136 e. The highest BCUT2D eigenvalue weighted by Gasteiger charge is 2.20. The van der Waals surface area contributed by atoms with Crippen LogP contribution in [0.4, 0.5) is 0 Å². The molecule has 0 atom stereocenters. The van der Waals surface area contributed by atoms with Crippen LogP contribution in [0.3, 0.4) is 0 Å². The van der Waals surface area contributed by atoms with Crippen LogP contribution in [0.1, 0.15) is 0 Å². The number of rotatable bonds is 2. The summed E-state index contributed by atoms with van der Waals surface area (Å²) in [5.41, 5.74) is 8.92. The zero-order chi connectivity index (χ0) is 23.6. The van der Waals surface area contributed by atoms with Crippen molar-refractivity contribution < 1.29 is 9.15 Å². The number of ether oxygens (including phenoxy) is 1. The summed E-state index contributed by atoms with van der Waals surface area (Å²) < 4.78 is 12.3. The van der Waals surface area contributed by atoms with Crippen LogP contribution in [0, 0.1) is 0 Å². The minimum atomic E-state index is 0.908. The zero-order valence-electron chi connectivity index (χ0n) is 19.4. The average Bonchev–Trinajstić information content (AvgIpc) is 3.31. The first-order chi connectivity index (χ1) is 17.8. The van der Waals surface area contributed by atoms with Crippen LogP contribution in [0.2, 0.25) is 0 Å². The molecule has 0 aliphatic carbocycles. The van der Waals surface area contributed by atoms with Gasteiger partial charge in [0, 0.05) is 21.7 Å². The normalized spacial score (nSPS) is 12.1. The number of fused-ring (bicyclic) bond motifs is 5. The lowest BCUT2D eigenvalue weighted by atomic mass is 9.90. The predicted octanol–water partition coefficient (Wildman–Crippen LogP) is 9.85. The lowest BCUT2D eigenvalue weighted by Crippen LogP contribution is -1.97. The van der Waals surface area contributed by atoms with Crippen molar-refractivity contribution in [1.29, 1.82) is 0 Å². The molecule has 6 aromatic carbocycles. The molecule has 0 unspecified atom stereocenters. The molecule has 0 spiro atoms. The van der Waals surface area contributed by atoms with Crippen LogP contribution in [-0.4, -0.2) is 0 Å². The van der Waals surface area contributed by atoms with Gasteiger partial charge in [0.2, 0.25) is 0 Å². The lowest BCUT2D eigenvalue weighted by molar-refractivity contribution is 0.487. The Balaban J connectivity index is 1.23. The Bertz CT molecular complexity index is 1960. The number of hydrogen-bond donors (Lipinski definition) is 0. The fourth-order valence-electron chi connectivity index (χ4n) is 5.51. The van der Waals surface area contributed by atoms with E-state index >= 15 is 0 Å². The van der Waals surface area contributed by atoms with Crippen LogP contribution in [0.5, 0.6) is 11.5 Å². The van der Waals surface area contributed by atoms with Crippen molar-refractivity contribution in [2.24, 2.45) is 0 Å². The molecule has 0 N–H and O–H groups in total. The molecule has 1 aliphatic rings. The van der Waals surface area contributed by atoms with Gasteiger partial charge in [0.25, 0.3) is 0 Å². The molecule has 168 valence electrons. The first-order valence-electron chi connectivity index (χ1n) is 12.2. The molecule has 0 amide bonds. The van der Waals surface area contributed by atoms with Gasteiger partial charge in [0.15, 0.2) is 0 Å². The van der Waals surface area contributed by atoms with Gasteiger partial charge in [0.05, 0.1) is 0 Å². The van der Waals surface area contributed by atoms with Crippen molar-refractivity contribution in [3.63, 3.8) is 0 Å². The third kappa shape index (κ3) is 2.85. The highest BCUT2D eigenvalue weighted by atomic mass is 16.5. The predicted molar refractivity (Wildman–Crippen MR) is 148 cm³/mol. The molecule has 2 nitrogen and oxygen atoms in total. The lowest BCUT2D eigenvalue weighted by Gasteiger charge is -2.22. The molecule has 2 heterocycles. The number of para-hydroxylation sites is 2. The Labute approximate surface area is 208 Å². The average molecular weight is 461 g/mol. The number of benzene rings is 6. The van der Waals surface area contributed by atoms with Crippen molar-refractivity contribution in [3.05, 3.63) is 121 Å². The largest absolute Gasteiger partial charge is 0.456 e. The van der Waals surface area contributed by atoms with E-state index in [1.54, 1.807) is 0 Å². The SMILES string of the molecule is c1ccc2c(c1)Oc1cccc3cc(-c4ccc(-c5ccc6c(c5)oc5ccccc56)cc4)cc-2c13. The molecule has 8 rings (SSSR count). The van der Waals surface area contributed by atoms with E-state index in [2.05, 4.69) is 97.1 Å². The van der Waals surface area contributed by atoms with E-state index in [1.165, 1.54) is 33.0 Å². The summed E-state index contributed by atoms with van der Waals surface area (Å²) in [6, 6.07) is 42.6. The van der Waals surface area contributed by atoms with E-state index in [1.807, 2.05) is 24.3 Å². The molecule has 0 bridgehead atoms. The molecule has 1 aromatic heterocycles. The third-order valence-corrected chi connectivity index (χ3v) is 7.27. The summed E-state index contributed by atoms with van der Waals surface area (Å²) in [7, 11) is 0. The molecule has 7 aromatic rings. The second-order valence-electron chi connectivity index (χ2n) is 9.36. The molecule has 0 radical (unpaired) electrons. The summed E-state index contributed by atoms with van der Waals surface area (Å²) >= 11 is 0. The Hall–Kier alpha value is -4.82. The highest BCUT2D eigenvalue weighted by Crippen LogP contribution is 2.47. The van der Waals surface area contributed by atoms with Crippen molar-refractivity contribution in [2.75, 3.05) is 0 Å². The Kier molecular flexibility index (Phi) is 3.97. The van der Waals surface area contributed by atoms with E-state index < -0.39 is 0 Å². The van der Waals surface area contributed by atoms with Crippen LogP contribution < -0.4 is 4.74 Å². The Morgan fingerprint density at radius 2 is 1.14 bits per heavy atom. The zero-order valence-corrected chi connectivity index (χ0v) is 19.4. The molecule has 0 saturated heterocycles. The van der Waals surface area contributed by atoms with Gasteiger partial charge in [-0.15, -0.1) is 0 Å². The maximum atomic E-state index is 6.20. The van der Waals surface area contributed by atoms with Gasteiger partial charge in [-0.05, 0) is 75.7 Å². The number of hydrogen-bond acceptors (Lipinski definition) is 2. The first kappa shape index (κ1) is 19.5. The molecular formula is C34H20O2. The molecule has 0 saturated carbocycles. The molecular weight excluding hydrogens is 440 g/mol. The van der Waals surface area contributed by atoms with Gasteiger partial charge >= 0.3 is 0 Å². The smallest absolute Gasteiger partial charge is 0.136 e. The van der Waals surface area contributed by atoms with E-state index in [4.69, 9.17) is 9.15 Å². The third-order valence-electron chi connectivity index (χ3n) is 7.27. The topological polar surface area (TPSA) is 22.4 Å². The van der Waals surface area contributed by atoms with Crippen LogP contribution in [0.15, 0.2) is 126 Å². The standard InChI is InChI=1S/C34H20O2/c1-3-9-30-26(7-1)28-17-16-23(20-33(28)36-30)21-12-14-22(15-13-21)25-18-24-6-5-11-32-34(24)29(19-25)27-8-2-4-10-31(27)35-32/h1-20H. The van der Waals surface area contributed by atoms with Gasteiger partial charge in [-0.3, -0.25) is 0 Å². The Morgan fingerprint density at radius 1 is 0.417 bits per heavy atom. The van der Waals surface area contributed by atoms with Gasteiger partial charge in [0.1, 0.15) is 22.7 Å². The van der Waals surface area contributed by atoms with Crippen molar-refractivity contribution in [1.82, 2.24) is 0 Å². The summed E-state index contributed by atoms with van der Waals surface area (Å²) in [6.07, 6.45) is 0. The van der Waals surface area contributed by atoms with Crippen molar-refractivity contribution >= 4 is 32.7 Å². The maximum absolute atomic E-state index is 6.20. The Morgan fingerprint density at radius 3 is 2.06 bits per heavy atom. The molecule has 36 heavy (non-hydrogen) atoms. The molecule has 1 aliphatic heterocycles. The van der Waals surface area contributed by atoms with Gasteiger partial charge < -0.3 is 9.15 Å². The summed E-state index contributed by atoms with van der Waals surface area (Å²) in [4.78, 5) is 0. The van der Waals surface area contributed by atoms with Gasteiger partial charge in [-0.2, -0.15) is 0 Å².